The van der Waals surface area contributed by atoms with E-state index in [1.165, 1.54) is 11.8 Å². The van der Waals surface area contributed by atoms with Gasteiger partial charge < -0.3 is 5.11 Å². The molecule has 0 spiro atoms. The fourth-order valence-electron chi connectivity index (χ4n) is 1.09. The average Bonchev–Trinajstić information content (AvgIpc) is 2.18. The molecule has 0 amide bonds. The molecule has 78 valence electrons. The Morgan fingerprint density at radius 3 is 2.79 bits per heavy atom. The Balaban J connectivity index is 2.77. The number of aliphatic hydroxyl groups excluding tert-OH is 1. The van der Waals surface area contributed by atoms with E-state index < -0.39 is 17.7 Å². The second-order valence-electron chi connectivity index (χ2n) is 2.84. The lowest BCUT2D eigenvalue weighted by Gasteiger charge is -2.10. The van der Waals surface area contributed by atoms with Crippen LogP contribution in [0, 0.1) is 11.6 Å². The molecule has 4 heteroatoms. The number of aliphatic hydroxyl groups is 1. The van der Waals surface area contributed by atoms with Gasteiger partial charge in [-0.1, -0.05) is 6.92 Å². The first-order chi connectivity index (χ1) is 6.65. The number of benzene rings is 1. The molecule has 14 heavy (non-hydrogen) atoms. The molecule has 1 atom stereocenters. The van der Waals surface area contributed by atoms with Crippen molar-refractivity contribution in [1.82, 2.24) is 0 Å². The zero-order chi connectivity index (χ0) is 10.6. The highest BCUT2D eigenvalue weighted by atomic mass is 32.2. The summed E-state index contributed by atoms with van der Waals surface area (Å²) in [5, 5.41) is 9.53. The molecule has 0 aliphatic rings. The zero-order valence-electron chi connectivity index (χ0n) is 7.84. The van der Waals surface area contributed by atoms with Gasteiger partial charge in [-0.3, -0.25) is 0 Å². The molecule has 1 rings (SSSR count). The Morgan fingerprint density at radius 2 is 2.14 bits per heavy atom. The van der Waals surface area contributed by atoms with Gasteiger partial charge in [0.25, 0.3) is 0 Å². The van der Waals surface area contributed by atoms with E-state index in [-0.39, 0.29) is 5.56 Å². The zero-order valence-corrected chi connectivity index (χ0v) is 8.65. The van der Waals surface area contributed by atoms with Gasteiger partial charge in [0.05, 0.1) is 6.10 Å². The fourth-order valence-corrected chi connectivity index (χ4v) is 1.73. The lowest BCUT2D eigenvalue weighted by atomic mass is 10.1. The summed E-state index contributed by atoms with van der Waals surface area (Å²) in [7, 11) is 0. The normalized spacial score (nSPS) is 12.9. The van der Waals surface area contributed by atoms with Gasteiger partial charge >= 0.3 is 0 Å². The standard InChI is InChI=1S/C10H12F2OS/c1-2-14-6-10(13)8-5-7(11)3-4-9(8)12/h3-5,10,13H,2,6H2,1H3. The van der Waals surface area contributed by atoms with Gasteiger partial charge in [0.15, 0.2) is 0 Å². The SMILES string of the molecule is CCSCC(O)c1cc(F)ccc1F. The molecule has 0 aliphatic heterocycles. The second kappa shape index (κ2) is 5.32. The number of halogens is 2. The fraction of sp³-hybridized carbons (Fsp3) is 0.400. The molecule has 0 fully saturated rings. The van der Waals surface area contributed by atoms with Gasteiger partial charge in [0, 0.05) is 11.3 Å². The van der Waals surface area contributed by atoms with E-state index in [2.05, 4.69) is 0 Å². The first-order valence-corrected chi connectivity index (χ1v) is 5.51. The Morgan fingerprint density at radius 1 is 1.43 bits per heavy atom. The predicted octanol–water partition coefficient (Wildman–Crippen LogP) is 2.75. The van der Waals surface area contributed by atoms with E-state index in [1.54, 1.807) is 0 Å². The average molecular weight is 218 g/mol. The van der Waals surface area contributed by atoms with Crippen LogP contribution in [0.2, 0.25) is 0 Å². The largest absolute Gasteiger partial charge is 0.387 e. The summed E-state index contributed by atoms with van der Waals surface area (Å²) in [6.45, 7) is 1.94. The quantitative estimate of drug-likeness (QED) is 0.838. The lowest BCUT2D eigenvalue weighted by molar-refractivity contribution is 0.198. The summed E-state index contributed by atoms with van der Waals surface area (Å²) in [4.78, 5) is 0. The van der Waals surface area contributed by atoms with Crippen LogP contribution in [0.4, 0.5) is 8.78 Å². The summed E-state index contributed by atoms with van der Waals surface area (Å²) < 4.78 is 25.9. The number of rotatable bonds is 4. The third-order valence-electron chi connectivity index (χ3n) is 1.80. The number of hydrogen-bond acceptors (Lipinski definition) is 2. The summed E-state index contributed by atoms with van der Waals surface area (Å²) in [5.41, 5.74) is 0.0333. The predicted molar refractivity (Wildman–Crippen MR) is 54.3 cm³/mol. The molecule has 1 aromatic rings. The van der Waals surface area contributed by atoms with Crippen LogP contribution in [0.5, 0.6) is 0 Å². The topological polar surface area (TPSA) is 20.2 Å². The summed E-state index contributed by atoms with van der Waals surface area (Å²) in [5.74, 6) is 0.141. The van der Waals surface area contributed by atoms with Gasteiger partial charge in [0.1, 0.15) is 11.6 Å². The highest BCUT2D eigenvalue weighted by Gasteiger charge is 2.13. The molecule has 0 saturated carbocycles. The van der Waals surface area contributed by atoms with Crippen molar-refractivity contribution in [3.05, 3.63) is 35.4 Å². The summed E-state index contributed by atoms with van der Waals surface area (Å²) in [6, 6.07) is 3.11. The second-order valence-corrected chi connectivity index (χ2v) is 4.16. The Hall–Kier alpha value is -0.610. The molecule has 0 heterocycles. The van der Waals surface area contributed by atoms with Crippen LogP contribution in [0.1, 0.15) is 18.6 Å². The van der Waals surface area contributed by atoms with E-state index in [0.29, 0.717) is 5.75 Å². The van der Waals surface area contributed by atoms with Crippen LogP contribution >= 0.6 is 11.8 Å². The summed E-state index contributed by atoms with van der Waals surface area (Å²) in [6.07, 6.45) is -0.935. The molecule has 1 N–H and O–H groups in total. The van der Waals surface area contributed by atoms with Crippen molar-refractivity contribution >= 4 is 11.8 Å². The minimum atomic E-state index is -0.935. The minimum Gasteiger partial charge on any atom is -0.387 e. The maximum absolute atomic E-state index is 13.1. The molecule has 0 aromatic heterocycles. The van der Waals surface area contributed by atoms with Crippen molar-refractivity contribution in [3.8, 4) is 0 Å². The maximum Gasteiger partial charge on any atom is 0.129 e. The lowest BCUT2D eigenvalue weighted by Crippen LogP contribution is -2.04. The maximum atomic E-state index is 13.1. The molecule has 0 saturated heterocycles. The van der Waals surface area contributed by atoms with Crippen molar-refractivity contribution in [1.29, 1.82) is 0 Å². The van der Waals surface area contributed by atoms with Gasteiger partial charge in [-0.15, -0.1) is 0 Å². The van der Waals surface area contributed by atoms with Gasteiger partial charge in [0.2, 0.25) is 0 Å². The smallest absolute Gasteiger partial charge is 0.129 e. The van der Waals surface area contributed by atoms with Crippen LogP contribution in [0.3, 0.4) is 0 Å². The van der Waals surface area contributed by atoms with Crippen molar-refractivity contribution in [2.24, 2.45) is 0 Å². The van der Waals surface area contributed by atoms with Crippen LogP contribution in [0.25, 0.3) is 0 Å². The third kappa shape index (κ3) is 2.96. The Kier molecular flexibility index (Phi) is 4.35. The first kappa shape index (κ1) is 11.5. The molecule has 0 aliphatic carbocycles. The number of thioether (sulfide) groups is 1. The van der Waals surface area contributed by atoms with Crippen molar-refractivity contribution in [2.75, 3.05) is 11.5 Å². The Bertz CT molecular complexity index is 304. The van der Waals surface area contributed by atoms with E-state index in [4.69, 9.17) is 0 Å². The number of hydrogen-bond donors (Lipinski definition) is 1. The van der Waals surface area contributed by atoms with Gasteiger partial charge in [-0.25, -0.2) is 8.78 Å². The van der Waals surface area contributed by atoms with E-state index in [1.807, 2.05) is 6.92 Å². The van der Waals surface area contributed by atoms with Crippen LogP contribution in [0.15, 0.2) is 18.2 Å². The van der Waals surface area contributed by atoms with Crippen LogP contribution in [-0.4, -0.2) is 16.6 Å². The highest BCUT2D eigenvalue weighted by molar-refractivity contribution is 7.99. The molecule has 1 nitrogen and oxygen atoms in total. The van der Waals surface area contributed by atoms with E-state index in [9.17, 15) is 13.9 Å². The van der Waals surface area contributed by atoms with Gasteiger partial charge in [-0.05, 0) is 24.0 Å². The first-order valence-electron chi connectivity index (χ1n) is 4.36. The monoisotopic (exact) mass is 218 g/mol. The Labute approximate surface area is 86.1 Å². The van der Waals surface area contributed by atoms with Crippen LogP contribution < -0.4 is 0 Å². The summed E-state index contributed by atoms with van der Waals surface area (Å²) >= 11 is 1.49. The molecular formula is C10H12F2OS. The van der Waals surface area contributed by atoms with Gasteiger partial charge in [-0.2, -0.15) is 11.8 Å². The van der Waals surface area contributed by atoms with E-state index in [0.717, 1.165) is 24.0 Å². The van der Waals surface area contributed by atoms with Crippen LogP contribution in [-0.2, 0) is 0 Å². The minimum absolute atomic E-state index is 0.0333. The van der Waals surface area contributed by atoms with E-state index >= 15 is 0 Å². The highest BCUT2D eigenvalue weighted by Crippen LogP contribution is 2.21. The molecule has 0 bridgehead atoms. The molecule has 0 radical (unpaired) electrons. The molecule has 1 aromatic carbocycles. The third-order valence-corrected chi connectivity index (χ3v) is 2.76. The molecule has 1 unspecified atom stereocenters. The van der Waals surface area contributed by atoms with Crippen molar-refractivity contribution in [3.63, 3.8) is 0 Å². The molecular weight excluding hydrogens is 206 g/mol. The van der Waals surface area contributed by atoms with Crippen molar-refractivity contribution < 1.29 is 13.9 Å². The van der Waals surface area contributed by atoms with Crippen molar-refractivity contribution in [2.45, 2.75) is 13.0 Å².